The molecule has 2 aromatic heterocycles. The van der Waals surface area contributed by atoms with Crippen LogP contribution >= 0.6 is 0 Å². The van der Waals surface area contributed by atoms with Crippen LogP contribution in [0.15, 0.2) is 54.9 Å². The highest BCUT2D eigenvalue weighted by atomic mass is 16.5. The lowest BCUT2D eigenvalue weighted by Crippen LogP contribution is -2.27. The van der Waals surface area contributed by atoms with Crippen molar-refractivity contribution in [2.24, 2.45) is 0 Å². The van der Waals surface area contributed by atoms with E-state index in [0.29, 0.717) is 69.5 Å². The Balaban J connectivity index is 1.31. The lowest BCUT2D eigenvalue weighted by Gasteiger charge is -2.13. The number of ether oxygens (including phenoxy) is 2. The highest BCUT2D eigenvalue weighted by Crippen LogP contribution is 2.11. The molecule has 11 nitrogen and oxygen atoms in total. The van der Waals surface area contributed by atoms with E-state index < -0.39 is 0 Å². The third-order valence-corrected chi connectivity index (χ3v) is 4.72. The third-order valence-electron chi connectivity index (χ3n) is 4.72. The highest BCUT2D eigenvalue weighted by molar-refractivity contribution is 5.94. The molecule has 0 unspecified atom stereocenters. The van der Waals surface area contributed by atoms with Gasteiger partial charge in [0.25, 0.3) is 5.91 Å². The Morgan fingerprint density at radius 3 is 2.14 bits per heavy atom. The van der Waals surface area contributed by atoms with Crippen molar-refractivity contribution >= 4 is 23.8 Å². The van der Waals surface area contributed by atoms with Crippen molar-refractivity contribution in [3.63, 3.8) is 0 Å². The predicted octanol–water partition coefficient (Wildman–Crippen LogP) is 2.57. The Kier molecular flexibility index (Phi) is 11.3. The van der Waals surface area contributed by atoms with Gasteiger partial charge in [-0.05, 0) is 43.7 Å². The first-order chi connectivity index (χ1) is 17.6. The van der Waals surface area contributed by atoms with Gasteiger partial charge in [-0.15, -0.1) is 0 Å². The number of hydrogen-bond acceptors (Lipinski definition) is 10. The summed E-state index contributed by atoms with van der Waals surface area (Å²) >= 11 is 0. The van der Waals surface area contributed by atoms with Gasteiger partial charge in [-0.3, -0.25) is 9.78 Å². The number of nitrogens with one attached hydrogen (secondary N) is 4. The first-order valence-electron chi connectivity index (χ1n) is 12.0. The van der Waals surface area contributed by atoms with E-state index in [-0.39, 0.29) is 11.9 Å². The van der Waals surface area contributed by atoms with Crippen LogP contribution in [0.2, 0.25) is 0 Å². The molecule has 0 spiro atoms. The van der Waals surface area contributed by atoms with Crippen LogP contribution in [0.3, 0.4) is 0 Å². The van der Waals surface area contributed by atoms with Crippen LogP contribution in [0.1, 0.15) is 29.8 Å². The molecule has 3 aromatic rings. The van der Waals surface area contributed by atoms with Gasteiger partial charge in [0.2, 0.25) is 17.8 Å². The zero-order chi connectivity index (χ0) is 25.4. The minimum absolute atomic E-state index is 0.109. The maximum Gasteiger partial charge on any atom is 0.251 e. The van der Waals surface area contributed by atoms with Crippen molar-refractivity contribution in [2.75, 3.05) is 55.5 Å². The second kappa shape index (κ2) is 15.2. The first kappa shape index (κ1) is 26.8. The Bertz CT molecular complexity index is 1040. The molecule has 4 N–H and O–H groups in total. The Morgan fingerprint density at radius 1 is 0.806 bits per heavy atom. The van der Waals surface area contributed by atoms with E-state index in [9.17, 15) is 4.79 Å². The summed E-state index contributed by atoms with van der Waals surface area (Å²) in [6.07, 6.45) is 3.50. The molecule has 192 valence electrons. The molecule has 0 radical (unpaired) electrons. The second-order valence-electron chi connectivity index (χ2n) is 8.09. The molecule has 2 heterocycles. The van der Waals surface area contributed by atoms with Gasteiger partial charge in [0.1, 0.15) is 0 Å². The molecule has 1 aromatic carbocycles. The molecule has 0 aliphatic heterocycles. The van der Waals surface area contributed by atoms with Crippen molar-refractivity contribution in [1.82, 2.24) is 25.3 Å². The van der Waals surface area contributed by atoms with Gasteiger partial charge < -0.3 is 30.7 Å². The van der Waals surface area contributed by atoms with Crippen LogP contribution in [-0.2, 0) is 16.0 Å². The van der Waals surface area contributed by atoms with E-state index in [1.165, 1.54) is 0 Å². The SMILES string of the molecule is CC(C)Nc1nc(NCCOCCOCCNC(=O)c2ccccc2)nc(NCc2ccncc2)n1. The van der Waals surface area contributed by atoms with Crippen molar-refractivity contribution in [2.45, 2.75) is 26.4 Å². The van der Waals surface area contributed by atoms with Crippen LogP contribution in [0.5, 0.6) is 0 Å². The molecular weight excluding hydrogens is 460 g/mol. The maximum absolute atomic E-state index is 11.9. The number of benzene rings is 1. The summed E-state index contributed by atoms with van der Waals surface area (Å²) in [6, 6.07) is 13.1. The molecule has 0 aliphatic rings. The van der Waals surface area contributed by atoms with E-state index in [2.05, 4.69) is 41.2 Å². The van der Waals surface area contributed by atoms with Crippen LogP contribution < -0.4 is 21.3 Å². The number of amides is 1. The normalized spacial score (nSPS) is 10.8. The predicted molar refractivity (Wildman–Crippen MR) is 139 cm³/mol. The van der Waals surface area contributed by atoms with E-state index in [4.69, 9.17) is 9.47 Å². The van der Waals surface area contributed by atoms with Gasteiger partial charge in [0.05, 0.1) is 26.4 Å². The number of hydrogen-bond donors (Lipinski definition) is 4. The smallest absolute Gasteiger partial charge is 0.251 e. The Hall–Kier alpha value is -3.83. The maximum atomic E-state index is 11.9. The standard InChI is InChI=1S/C25H34N8O3/c1-19(2)30-25-32-23(31-24(33-25)29-18-20-8-10-26-11-9-20)28-13-15-36-17-16-35-14-12-27-22(34)21-6-4-3-5-7-21/h3-11,19H,12-18H2,1-2H3,(H,27,34)(H3,28,29,30,31,32,33). The summed E-state index contributed by atoms with van der Waals surface area (Å²) in [5.74, 6) is 1.32. The summed E-state index contributed by atoms with van der Waals surface area (Å²) in [7, 11) is 0. The molecule has 0 saturated carbocycles. The van der Waals surface area contributed by atoms with Crippen molar-refractivity contribution < 1.29 is 14.3 Å². The molecule has 0 saturated heterocycles. The van der Waals surface area contributed by atoms with Crippen molar-refractivity contribution in [1.29, 1.82) is 0 Å². The number of aromatic nitrogens is 4. The zero-order valence-corrected chi connectivity index (χ0v) is 20.7. The van der Waals surface area contributed by atoms with Gasteiger partial charge in [-0.1, -0.05) is 18.2 Å². The largest absolute Gasteiger partial charge is 0.377 e. The molecule has 0 bridgehead atoms. The quantitative estimate of drug-likeness (QED) is 0.220. The first-order valence-corrected chi connectivity index (χ1v) is 12.0. The van der Waals surface area contributed by atoms with E-state index in [1.807, 2.05) is 44.2 Å². The minimum atomic E-state index is -0.109. The molecule has 0 atom stereocenters. The topological polar surface area (TPSA) is 135 Å². The third kappa shape index (κ3) is 10.2. The van der Waals surface area contributed by atoms with Gasteiger partial charge in [0, 0.05) is 43.6 Å². The summed E-state index contributed by atoms with van der Waals surface area (Å²) in [5, 5.41) is 12.4. The highest BCUT2D eigenvalue weighted by Gasteiger charge is 2.08. The fourth-order valence-electron chi connectivity index (χ4n) is 3.02. The number of carbonyl (C=O) groups excluding carboxylic acids is 1. The zero-order valence-electron chi connectivity index (χ0n) is 20.7. The lowest BCUT2D eigenvalue weighted by atomic mass is 10.2. The summed E-state index contributed by atoms with van der Waals surface area (Å²) in [5.41, 5.74) is 1.71. The summed E-state index contributed by atoms with van der Waals surface area (Å²) in [6.45, 7) is 7.37. The molecule has 3 rings (SSSR count). The second-order valence-corrected chi connectivity index (χ2v) is 8.09. The average molecular weight is 495 g/mol. The Labute approximate surface area is 211 Å². The summed E-state index contributed by atoms with van der Waals surface area (Å²) in [4.78, 5) is 29.3. The van der Waals surface area contributed by atoms with Crippen LogP contribution in [0.25, 0.3) is 0 Å². The number of nitrogens with zero attached hydrogens (tertiary/aromatic N) is 4. The van der Waals surface area contributed by atoms with Crippen LogP contribution in [-0.4, -0.2) is 71.4 Å². The molecule has 0 fully saturated rings. The Morgan fingerprint density at radius 2 is 1.44 bits per heavy atom. The number of rotatable bonds is 16. The van der Waals surface area contributed by atoms with Gasteiger partial charge in [-0.25, -0.2) is 0 Å². The van der Waals surface area contributed by atoms with Crippen molar-refractivity contribution in [3.05, 3.63) is 66.0 Å². The fraction of sp³-hybridized carbons (Fsp3) is 0.400. The monoisotopic (exact) mass is 494 g/mol. The van der Waals surface area contributed by atoms with Crippen LogP contribution in [0.4, 0.5) is 17.8 Å². The molecule has 1 amide bonds. The summed E-state index contributed by atoms with van der Waals surface area (Å²) < 4.78 is 11.1. The number of pyridine rings is 1. The molecule has 36 heavy (non-hydrogen) atoms. The molecular formula is C25H34N8O3. The lowest BCUT2D eigenvalue weighted by molar-refractivity contribution is 0.0519. The number of anilines is 3. The van der Waals surface area contributed by atoms with Gasteiger partial charge in [-0.2, -0.15) is 15.0 Å². The molecule has 0 aliphatic carbocycles. The van der Waals surface area contributed by atoms with E-state index in [0.717, 1.165) is 5.56 Å². The fourth-order valence-corrected chi connectivity index (χ4v) is 3.02. The van der Waals surface area contributed by atoms with E-state index in [1.54, 1.807) is 24.5 Å². The van der Waals surface area contributed by atoms with Gasteiger partial charge >= 0.3 is 0 Å². The van der Waals surface area contributed by atoms with Crippen molar-refractivity contribution in [3.8, 4) is 0 Å². The number of carbonyl (C=O) groups is 1. The van der Waals surface area contributed by atoms with Gasteiger partial charge in [0.15, 0.2) is 0 Å². The molecule has 11 heteroatoms. The minimum Gasteiger partial charge on any atom is -0.377 e. The van der Waals surface area contributed by atoms with E-state index >= 15 is 0 Å². The van der Waals surface area contributed by atoms with Crippen LogP contribution in [0, 0.1) is 0 Å². The average Bonchev–Trinajstić information content (AvgIpc) is 2.89.